The van der Waals surface area contributed by atoms with Gasteiger partial charge >= 0.3 is 0 Å². The second-order valence-corrected chi connectivity index (χ2v) is 5.60. The third kappa shape index (κ3) is 2.37. The fourth-order valence-electron chi connectivity index (χ4n) is 3.14. The van der Waals surface area contributed by atoms with Gasteiger partial charge in [-0.05, 0) is 26.7 Å². The van der Waals surface area contributed by atoms with Gasteiger partial charge in [-0.3, -0.25) is 10.9 Å². The summed E-state index contributed by atoms with van der Waals surface area (Å²) >= 11 is 0. The average Bonchev–Trinajstić information content (AvgIpc) is 2.99. The molecule has 2 atom stereocenters. The summed E-state index contributed by atoms with van der Waals surface area (Å²) in [5.74, 6) is 1.68. The van der Waals surface area contributed by atoms with Gasteiger partial charge in [-0.15, -0.1) is 0 Å². The molecule has 4 N–H and O–H groups in total. The Hall–Kier alpha value is -1.40. The van der Waals surface area contributed by atoms with Crippen LogP contribution in [0.4, 0.5) is 11.8 Å². The van der Waals surface area contributed by atoms with Crippen molar-refractivity contribution in [2.75, 3.05) is 23.7 Å². The summed E-state index contributed by atoms with van der Waals surface area (Å²) in [6.07, 6.45) is 2.47. The van der Waals surface area contributed by atoms with Crippen LogP contribution in [0.3, 0.4) is 0 Å². The van der Waals surface area contributed by atoms with Crippen molar-refractivity contribution in [2.45, 2.75) is 44.7 Å². The molecule has 1 aromatic rings. The Labute approximate surface area is 113 Å². The smallest absolute Gasteiger partial charge is 0.222 e. The number of hydrogen-bond acceptors (Lipinski definition) is 6. The van der Waals surface area contributed by atoms with E-state index < -0.39 is 0 Å². The number of anilines is 2. The van der Waals surface area contributed by atoms with Gasteiger partial charge in [0.2, 0.25) is 5.95 Å². The average molecular weight is 262 g/mol. The van der Waals surface area contributed by atoms with Gasteiger partial charge in [0.15, 0.2) is 0 Å². The maximum Gasteiger partial charge on any atom is 0.222 e. The third-order valence-corrected chi connectivity index (χ3v) is 4.14. The van der Waals surface area contributed by atoms with Crippen LogP contribution in [0, 0.1) is 0 Å². The predicted octanol–water partition coefficient (Wildman–Crippen LogP) is 0.627. The van der Waals surface area contributed by atoms with Crippen molar-refractivity contribution in [3.63, 3.8) is 0 Å². The normalized spacial score (nSPS) is 31.1. The molecule has 0 spiro atoms. The fraction of sp³-hybridized carbons (Fsp3) is 0.692. The Kier molecular flexibility index (Phi) is 3.28. The Morgan fingerprint density at radius 2 is 1.79 bits per heavy atom. The summed E-state index contributed by atoms with van der Waals surface area (Å²) in [5, 5.41) is 0. The molecule has 2 saturated heterocycles. The van der Waals surface area contributed by atoms with E-state index in [2.05, 4.69) is 45.6 Å². The van der Waals surface area contributed by atoms with Gasteiger partial charge in [-0.25, -0.2) is 4.98 Å². The number of nitrogens with zero attached hydrogens (tertiary/aromatic N) is 3. The maximum atomic E-state index is 5.90. The first-order chi connectivity index (χ1) is 9.15. The van der Waals surface area contributed by atoms with E-state index in [1.807, 2.05) is 0 Å². The van der Waals surface area contributed by atoms with Crippen molar-refractivity contribution in [1.29, 1.82) is 0 Å². The molecule has 2 aliphatic rings. The molecule has 1 aromatic heterocycles. The molecule has 6 nitrogen and oxygen atoms in total. The summed E-state index contributed by atoms with van der Waals surface area (Å²) in [6.45, 7) is 6.47. The van der Waals surface area contributed by atoms with Gasteiger partial charge in [0.25, 0.3) is 0 Å². The van der Waals surface area contributed by atoms with Crippen molar-refractivity contribution < 1.29 is 0 Å². The van der Waals surface area contributed by atoms with Crippen LogP contribution in [0.25, 0.3) is 0 Å². The quantitative estimate of drug-likeness (QED) is 0.725. The highest BCUT2D eigenvalue weighted by Crippen LogP contribution is 2.29. The van der Waals surface area contributed by atoms with E-state index in [0.717, 1.165) is 24.6 Å². The number of aromatic nitrogens is 2. The van der Waals surface area contributed by atoms with Crippen LogP contribution < -0.4 is 21.5 Å². The van der Waals surface area contributed by atoms with Gasteiger partial charge in [-0.1, -0.05) is 0 Å². The van der Waals surface area contributed by atoms with E-state index in [0.29, 0.717) is 23.9 Å². The predicted molar refractivity (Wildman–Crippen MR) is 75.8 cm³/mol. The molecule has 0 bridgehead atoms. The Bertz CT molecular complexity index is 446. The Morgan fingerprint density at radius 3 is 2.42 bits per heavy atom. The van der Waals surface area contributed by atoms with E-state index in [-0.39, 0.29) is 0 Å². The largest absolute Gasteiger partial charge is 0.368 e. The molecule has 0 saturated carbocycles. The Balaban J connectivity index is 1.92. The molecule has 2 fully saturated rings. The number of nitrogens with one attached hydrogen (secondary N) is 2. The second kappa shape index (κ2) is 4.94. The second-order valence-electron chi connectivity index (χ2n) is 5.60. The van der Waals surface area contributed by atoms with Gasteiger partial charge < -0.3 is 10.6 Å². The van der Waals surface area contributed by atoms with Gasteiger partial charge in [0.05, 0.1) is 5.69 Å². The zero-order valence-corrected chi connectivity index (χ0v) is 11.6. The summed E-state index contributed by atoms with van der Waals surface area (Å²) in [7, 11) is 0. The minimum atomic E-state index is 0.326. The van der Waals surface area contributed by atoms with E-state index in [1.54, 1.807) is 0 Å². The minimum absolute atomic E-state index is 0.326. The lowest BCUT2D eigenvalue weighted by Gasteiger charge is -2.21. The number of rotatable bonds is 2. The zero-order valence-electron chi connectivity index (χ0n) is 11.6. The highest BCUT2D eigenvalue weighted by Gasteiger charge is 2.33. The van der Waals surface area contributed by atoms with Crippen LogP contribution in [0.5, 0.6) is 0 Å². The van der Waals surface area contributed by atoms with E-state index >= 15 is 0 Å². The van der Waals surface area contributed by atoms with Crippen molar-refractivity contribution in [3.05, 3.63) is 11.8 Å². The van der Waals surface area contributed by atoms with Gasteiger partial charge in [-0.2, -0.15) is 4.98 Å². The van der Waals surface area contributed by atoms with Crippen LogP contribution in [0.1, 0.15) is 38.3 Å². The molecule has 104 valence electrons. The molecular weight excluding hydrogens is 240 g/mol. The van der Waals surface area contributed by atoms with Crippen LogP contribution in [-0.4, -0.2) is 35.1 Å². The lowest BCUT2D eigenvalue weighted by atomic mass is 9.93. The van der Waals surface area contributed by atoms with Gasteiger partial charge in [0, 0.05) is 37.2 Å². The van der Waals surface area contributed by atoms with E-state index in [9.17, 15) is 0 Å². The molecule has 0 amide bonds. The summed E-state index contributed by atoms with van der Waals surface area (Å²) in [5.41, 5.74) is 13.5. The van der Waals surface area contributed by atoms with Crippen LogP contribution in [0.15, 0.2) is 6.07 Å². The first-order valence-corrected chi connectivity index (χ1v) is 7.05. The summed E-state index contributed by atoms with van der Waals surface area (Å²) < 4.78 is 0. The maximum absolute atomic E-state index is 5.90. The summed E-state index contributed by atoms with van der Waals surface area (Å²) in [6, 6.07) is 2.79. The highest BCUT2D eigenvalue weighted by atomic mass is 15.4. The van der Waals surface area contributed by atoms with Crippen LogP contribution in [-0.2, 0) is 0 Å². The first kappa shape index (κ1) is 12.6. The lowest BCUT2D eigenvalue weighted by Crippen LogP contribution is -2.30. The first-order valence-electron chi connectivity index (χ1n) is 7.05. The molecule has 2 unspecified atom stereocenters. The summed E-state index contributed by atoms with van der Waals surface area (Å²) in [4.78, 5) is 11.1. The van der Waals surface area contributed by atoms with Crippen molar-refractivity contribution in [2.24, 2.45) is 0 Å². The fourth-order valence-corrected chi connectivity index (χ4v) is 3.14. The number of nitrogen functional groups attached to an aromatic ring is 1. The molecule has 0 radical (unpaired) electrons. The number of hydrazine groups is 1. The van der Waals surface area contributed by atoms with Crippen LogP contribution >= 0.6 is 0 Å². The molecule has 19 heavy (non-hydrogen) atoms. The molecular formula is C13H22N6. The zero-order chi connectivity index (χ0) is 13.4. The standard InChI is InChI=1S/C13H22N6/c1-8-12(9(2)18-17-8)10-7-11(16-13(14)15-10)19-5-3-4-6-19/h7-9,12,17-18H,3-6H2,1-2H3,(H2,14,15,16). The van der Waals surface area contributed by atoms with Crippen molar-refractivity contribution >= 4 is 11.8 Å². The molecule has 0 aromatic carbocycles. The SMILES string of the molecule is CC1NNC(C)C1c1cc(N2CCCC2)nc(N)n1. The van der Waals surface area contributed by atoms with Crippen molar-refractivity contribution in [1.82, 2.24) is 20.8 Å². The van der Waals surface area contributed by atoms with E-state index in [1.165, 1.54) is 12.8 Å². The van der Waals surface area contributed by atoms with Gasteiger partial charge in [0.1, 0.15) is 5.82 Å². The monoisotopic (exact) mass is 262 g/mol. The van der Waals surface area contributed by atoms with E-state index in [4.69, 9.17) is 5.73 Å². The molecule has 3 rings (SSSR count). The molecule has 0 aliphatic carbocycles. The van der Waals surface area contributed by atoms with Crippen molar-refractivity contribution in [3.8, 4) is 0 Å². The topological polar surface area (TPSA) is 79.1 Å². The Morgan fingerprint density at radius 1 is 1.16 bits per heavy atom. The third-order valence-electron chi connectivity index (χ3n) is 4.14. The highest BCUT2D eigenvalue weighted by molar-refractivity contribution is 5.45. The molecule has 6 heteroatoms. The molecule has 3 heterocycles. The van der Waals surface area contributed by atoms with Crippen LogP contribution in [0.2, 0.25) is 0 Å². The lowest BCUT2D eigenvalue weighted by molar-refractivity contribution is 0.559. The minimum Gasteiger partial charge on any atom is -0.368 e. The number of hydrogen-bond donors (Lipinski definition) is 3. The number of nitrogens with two attached hydrogens (primary N) is 1. The molecule has 2 aliphatic heterocycles.